The Kier molecular flexibility index (Phi) is 7.02. The maximum atomic E-state index is 13.2. The average molecular weight is 481 g/mol. The van der Waals surface area contributed by atoms with Gasteiger partial charge in [-0.1, -0.05) is 18.2 Å². The molecule has 2 heterocycles. The van der Waals surface area contributed by atoms with Gasteiger partial charge in [0.05, 0.1) is 23.3 Å². The molecule has 0 unspecified atom stereocenters. The van der Waals surface area contributed by atoms with E-state index in [1.807, 2.05) is 0 Å². The fourth-order valence-electron chi connectivity index (χ4n) is 4.03. The fourth-order valence-corrected chi connectivity index (χ4v) is 5.37. The Balaban J connectivity index is 1.59. The highest BCUT2D eigenvalue weighted by Crippen LogP contribution is 2.29. The summed E-state index contributed by atoms with van der Waals surface area (Å²) >= 11 is 0. The molecule has 0 saturated carbocycles. The normalized spacial score (nSPS) is 13.9. The average Bonchev–Trinajstić information content (AvgIpc) is 2.85. The zero-order chi connectivity index (χ0) is 24.1. The summed E-state index contributed by atoms with van der Waals surface area (Å²) in [5.74, 6) is 0.728. The number of hydrogen-bond donors (Lipinski definition) is 2. The first-order chi connectivity index (χ1) is 16.4. The van der Waals surface area contributed by atoms with Crippen LogP contribution < -0.4 is 19.7 Å². The number of ether oxygens (including phenoxy) is 1. The minimum absolute atomic E-state index is 0.0682. The number of hydrogen-bond acceptors (Lipinski definition) is 6. The first-order valence-corrected chi connectivity index (χ1v) is 12.6. The highest BCUT2D eigenvalue weighted by molar-refractivity contribution is 7.92. The van der Waals surface area contributed by atoms with Crippen molar-refractivity contribution in [3.8, 4) is 5.75 Å². The Bertz CT molecular complexity index is 1290. The van der Waals surface area contributed by atoms with Crippen molar-refractivity contribution >= 4 is 33.1 Å². The van der Waals surface area contributed by atoms with E-state index in [-0.39, 0.29) is 10.8 Å². The number of benzene rings is 2. The number of carbonyl (C=O) groups is 1. The van der Waals surface area contributed by atoms with Crippen molar-refractivity contribution in [2.45, 2.75) is 31.1 Å². The van der Waals surface area contributed by atoms with Crippen LogP contribution in [-0.4, -0.2) is 39.5 Å². The first kappa shape index (κ1) is 23.6. The molecule has 0 radical (unpaired) electrons. The lowest BCUT2D eigenvalue weighted by Gasteiger charge is -2.29. The van der Waals surface area contributed by atoms with Crippen LogP contribution in [0.2, 0.25) is 0 Å². The number of methoxy groups -OCH3 is 1. The molecule has 0 aliphatic carbocycles. The third kappa shape index (κ3) is 5.14. The summed E-state index contributed by atoms with van der Waals surface area (Å²) in [6.45, 7) is 3.43. The van der Waals surface area contributed by atoms with Gasteiger partial charge in [-0.25, -0.2) is 13.4 Å². The molecule has 34 heavy (non-hydrogen) atoms. The van der Waals surface area contributed by atoms with Gasteiger partial charge in [0, 0.05) is 25.0 Å². The summed E-state index contributed by atoms with van der Waals surface area (Å²) in [6.07, 6.45) is 4.99. The summed E-state index contributed by atoms with van der Waals surface area (Å²) in [6, 6.07) is 15.1. The number of pyridine rings is 1. The number of amides is 1. The van der Waals surface area contributed by atoms with E-state index in [0.29, 0.717) is 34.1 Å². The molecular formula is C25H28N4O4S. The van der Waals surface area contributed by atoms with Crippen LogP contribution in [0.4, 0.5) is 17.2 Å². The Morgan fingerprint density at radius 1 is 1.03 bits per heavy atom. The van der Waals surface area contributed by atoms with Crippen LogP contribution in [0, 0.1) is 6.92 Å². The molecule has 8 nitrogen and oxygen atoms in total. The topological polar surface area (TPSA) is 101 Å². The van der Waals surface area contributed by atoms with Crippen LogP contribution in [-0.2, 0) is 10.0 Å². The number of para-hydroxylation sites is 2. The van der Waals surface area contributed by atoms with Crippen molar-refractivity contribution in [1.29, 1.82) is 0 Å². The second-order valence-electron chi connectivity index (χ2n) is 8.16. The number of nitrogens with one attached hydrogen (secondary N) is 2. The van der Waals surface area contributed by atoms with Gasteiger partial charge < -0.3 is 15.0 Å². The minimum atomic E-state index is -3.93. The predicted octanol–water partition coefficient (Wildman–Crippen LogP) is 4.44. The van der Waals surface area contributed by atoms with E-state index in [4.69, 9.17) is 4.74 Å². The zero-order valence-electron chi connectivity index (χ0n) is 19.2. The van der Waals surface area contributed by atoms with Crippen molar-refractivity contribution in [3.63, 3.8) is 0 Å². The van der Waals surface area contributed by atoms with Crippen LogP contribution in [0.15, 0.2) is 65.7 Å². The first-order valence-electron chi connectivity index (χ1n) is 11.2. The number of anilines is 3. The van der Waals surface area contributed by atoms with Crippen molar-refractivity contribution in [3.05, 3.63) is 71.9 Å². The third-order valence-electron chi connectivity index (χ3n) is 5.77. The minimum Gasteiger partial charge on any atom is -0.495 e. The Hall–Kier alpha value is -3.59. The summed E-state index contributed by atoms with van der Waals surface area (Å²) < 4.78 is 34.2. The van der Waals surface area contributed by atoms with Crippen molar-refractivity contribution in [1.82, 2.24) is 4.98 Å². The molecule has 2 N–H and O–H groups in total. The van der Waals surface area contributed by atoms with E-state index in [1.165, 1.54) is 19.6 Å². The molecule has 4 rings (SSSR count). The van der Waals surface area contributed by atoms with Crippen LogP contribution >= 0.6 is 0 Å². The van der Waals surface area contributed by atoms with Gasteiger partial charge in [0.25, 0.3) is 15.9 Å². The molecule has 0 atom stereocenters. The molecule has 1 aliphatic rings. The SMILES string of the molecule is COc1ccccc1NS(=O)(=O)c1cc(NC(=O)c2cccnc2N2CCCCC2)ccc1C. The number of aryl methyl sites for hydroxylation is 1. The highest BCUT2D eigenvalue weighted by Gasteiger charge is 2.22. The second kappa shape index (κ2) is 10.1. The lowest BCUT2D eigenvalue weighted by atomic mass is 10.1. The highest BCUT2D eigenvalue weighted by atomic mass is 32.2. The molecule has 0 spiro atoms. The van der Waals surface area contributed by atoms with Gasteiger partial charge in [-0.2, -0.15) is 0 Å². The smallest absolute Gasteiger partial charge is 0.262 e. The Labute approximate surface area is 200 Å². The van der Waals surface area contributed by atoms with Gasteiger partial charge in [0.2, 0.25) is 0 Å². The summed E-state index contributed by atoms with van der Waals surface area (Å²) in [5, 5.41) is 2.84. The van der Waals surface area contributed by atoms with Crippen LogP contribution in [0.5, 0.6) is 5.75 Å². The molecule has 178 valence electrons. The van der Waals surface area contributed by atoms with Crippen molar-refractivity contribution in [2.75, 3.05) is 35.1 Å². The van der Waals surface area contributed by atoms with E-state index in [0.717, 1.165) is 25.9 Å². The number of aromatic nitrogens is 1. The largest absolute Gasteiger partial charge is 0.495 e. The molecule has 9 heteroatoms. The lowest BCUT2D eigenvalue weighted by molar-refractivity contribution is 0.102. The lowest BCUT2D eigenvalue weighted by Crippen LogP contribution is -2.32. The Morgan fingerprint density at radius 3 is 2.56 bits per heavy atom. The number of carbonyl (C=O) groups excluding carboxylic acids is 1. The number of nitrogens with zero attached hydrogens (tertiary/aromatic N) is 2. The molecule has 2 aromatic carbocycles. The molecule has 1 aliphatic heterocycles. The molecule has 0 bridgehead atoms. The zero-order valence-corrected chi connectivity index (χ0v) is 20.1. The number of rotatable bonds is 7. The molecule has 1 aromatic heterocycles. The van der Waals surface area contributed by atoms with Gasteiger partial charge in [-0.05, 0) is 68.1 Å². The van der Waals surface area contributed by atoms with Gasteiger partial charge in [0.1, 0.15) is 11.6 Å². The van der Waals surface area contributed by atoms with Crippen LogP contribution in [0.3, 0.4) is 0 Å². The molecule has 1 amide bonds. The standard InChI is InChI=1S/C25H28N4O4S/c1-18-12-13-19(17-23(18)34(31,32)28-21-10-4-5-11-22(21)33-2)27-25(30)20-9-8-14-26-24(20)29-15-6-3-7-16-29/h4-5,8-14,17,28H,3,6-7,15-16H2,1-2H3,(H,27,30). The van der Waals surface area contributed by atoms with Gasteiger partial charge >= 0.3 is 0 Å². The quantitative estimate of drug-likeness (QED) is 0.518. The van der Waals surface area contributed by atoms with E-state index >= 15 is 0 Å². The van der Waals surface area contributed by atoms with Crippen LogP contribution in [0.25, 0.3) is 0 Å². The maximum Gasteiger partial charge on any atom is 0.262 e. The molecule has 3 aromatic rings. The van der Waals surface area contributed by atoms with Crippen molar-refractivity contribution < 1.29 is 17.9 Å². The van der Waals surface area contributed by atoms with E-state index in [1.54, 1.807) is 61.7 Å². The fraction of sp³-hybridized carbons (Fsp3) is 0.280. The van der Waals surface area contributed by atoms with Gasteiger partial charge in [-0.3, -0.25) is 9.52 Å². The van der Waals surface area contributed by atoms with E-state index in [9.17, 15) is 13.2 Å². The Morgan fingerprint density at radius 2 is 1.79 bits per heavy atom. The van der Waals surface area contributed by atoms with E-state index < -0.39 is 10.0 Å². The van der Waals surface area contributed by atoms with Crippen LogP contribution in [0.1, 0.15) is 35.2 Å². The second-order valence-corrected chi connectivity index (χ2v) is 9.81. The van der Waals surface area contributed by atoms with E-state index in [2.05, 4.69) is 19.9 Å². The van der Waals surface area contributed by atoms with Gasteiger partial charge in [0.15, 0.2) is 0 Å². The van der Waals surface area contributed by atoms with Crippen molar-refractivity contribution in [2.24, 2.45) is 0 Å². The predicted molar refractivity (Wildman–Crippen MR) is 133 cm³/mol. The third-order valence-corrected chi connectivity index (χ3v) is 7.28. The maximum absolute atomic E-state index is 13.2. The van der Waals surface area contributed by atoms with Gasteiger partial charge in [-0.15, -0.1) is 0 Å². The molecule has 1 saturated heterocycles. The monoisotopic (exact) mass is 480 g/mol. The summed E-state index contributed by atoms with van der Waals surface area (Å²) in [7, 11) is -2.45. The number of piperidine rings is 1. The molecular weight excluding hydrogens is 452 g/mol. The molecule has 1 fully saturated rings. The number of sulfonamides is 1. The summed E-state index contributed by atoms with van der Waals surface area (Å²) in [5.41, 5.74) is 1.72. The summed E-state index contributed by atoms with van der Waals surface area (Å²) in [4.78, 5) is 19.8.